The Hall–Kier alpha value is -1.37. The van der Waals surface area contributed by atoms with Crippen molar-refractivity contribution in [2.45, 2.75) is 18.9 Å². The quantitative estimate of drug-likeness (QED) is 0.807. The number of nitrogens with zero attached hydrogens (tertiary/aromatic N) is 3. The van der Waals surface area contributed by atoms with Crippen LogP contribution in [0.4, 0.5) is 0 Å². The Labute approximate surface area is 110 Å². The van der Waals surface area contributed by atoms with Crippen LogP contribution in [0.5, 0.6) is 0 Å². The lowest BCUT2D eigenvalue weighted by Crippen LogP contribution is -2.51. The molecular formula is C15H21N3. The molecule has 1 aliphatic heterocycles. The zero-order chi connectivity index (χ0) is 12.8. The molecule has 18 heavy (non-hydrogen) atoms. The van der Waals surface area contributed by atoms with Crippen molar-refractivity contribution in [1.82, 2.24) is 9.80 Å². The van der Waals surface area contributed by atoms with Gasteiger partial charge in [-0.3, -0.25) is 4.90 Å². The molecule has 2 rings (SSSR count). The average Bonchev–Trinajstić information content (AvgIpc) is 2.41. The molecule has 1 heterocycles. The Kier molecular flexibility index (Phi) is 4.74. The maximum Gasteiger partial charge on any atom is 0.0638 e. The highest BCUT2D eigenvalue weighted by atomic mass is 15.3. The summed E-state index contributed by atoms with van der Waals surface area (Å²) in [5.74, 6) is 0. The lowest BCUT2D eigenvalue weighted by atomic mass is 10.1. The van der Waals surface area contributed by atoms with Crippen molar-refractivity contribution < 1.29 is 0 Å². The minimum Gasteiger partial charge on any atom is -0.300 e. The molecule has 0 amide bonds. The Morgan fingerprint density at radius 1 is 1.28 bits per heavy atom. The molecule has 3 nitrogen and oxygen atoms in total. The van der Waals surface area contributed by atoms with Gasteiger partial charge in [-0.05, 0) is 19.0 Å². The van der Waals surface area contributed by atoms with E-state index in [4.69, 9.17) is 5.26 Å². The third kappa shape index (κ3) is 3.56. The summed E-state index contributed by atoms with van der Waals surface area (Å²) in [6.45, 7) is 4.31. The molecule has 1 saturated heterocycles. The van der Waals surface area contributed by atoms with E-state index in [1.807, 2.05) is 0 Å². The van der Waals surface area contributed by atoms with Gasteiger partial charge in [-0.2, -0.15) is 5.26 Å². The Morgan fingerprint density at radius 2 is 2.06 bits per heavy atom. The van der Waals surface area contributed by atoms with Crippen LogP contribution in [0.3, 0.4) is 0 Å². The molecule has 96 valence electrons. The van der Waals surface area contributed by atoms with E-state index < -0.39 is 0 Å². The minimum absolute atomic E-state index is 0.402. The number of hydrogen-bond donors (Lipinski definition) is 0. The van der Waals surface area contributed by atoms with Crippen molar-refractivity contribution in [1.29, 1.82) is 5.26 Å². The molecule has 0 aromatic heterocycles. The van der Waals surface area contributed by atoms with Gasteiger partial charge in [0.2, 0.25) is 0 Å². The first-order chi connectivity index (χ1) is 8.79. The van der Waals surface area contributed by atoms with Gasteiger partial charge in [0, 0.05) is 32.2 Å². The second-order valence-corrected chi connectivity index (χ2v) is 5.03. The maximum atomic E-state index is 8.84. The van der Waals surface area contributed by atoms with Gasteiger partial charge in [-0.25, -0.2) is 0 Å². The number of likely N-dealkylation sites (N-methyl/N-ethyl adjacent to an activating group) is 1. The molecule has 0 spiro atoms. The number of rotatable bonds is 4. The van der Waals surface area contributed by atoms with Crippen LogP contribution in [0.1, 0.15) is 12.0 Å². The summed E-state index contributed by atoms with van der Waals surface area (Å²) in [6.07, 6.45) is 1.74. The molecule has 0 bridgehead atoms. The zero-order valence-electron chi connectivity index (χ0n) is 11.0. The second-order valence-electron chi connectivity index (χ2n) is 5.03. The predicted molar refractivity (Wildman–Crippen MR) is 73.2 cm³/mol. The van der Waals surface area contributed by atoms with Gasteiger partial charge in [-0.15, -0.1) is 0 Å². The summed E-state index contributed by atoms with van der Waals surface area (Å²) in [7, 11) is 2.12. The lowest BCUT2D eigenvalue weighted by Gasteiger charge is -2.38. The summed E-state index contributed by atoms with van der Waals surface area (Å²) in [4.78, 5) is 4.79. The third-order valence-electron chi connectivity index (χ3n) is 3.75. The standard InChI is InChI=1S/C15H21N3/c1-17-11-12-18(13-15(17)7-9-16)10-8-14-5-3-2-4-6-14/h2-6,15H,7-8,10-13H2,1H3. The number of hydrogen-bond acceptors (Lipinski definition) is 3. The molecule has 1 atom stereocenters. The lowest BCUT2D eigenvalue weighted by molar-refractivity contribution is 0.0987. The van der Waals surface area contributed by atoms with Crippen LogP contribution in [0, 0.1) is 11.3 Å². The van der Waals surface area contributed by atoms with Crippen molar-refractivity contribution in [3.63, 3.8) is 0 Å². The molecule has 3 heteroatoms. The molecule has 1 aromatic carbocycles. The van der Waals surface area contributed by atoms with E-state index in [1.165, 1.54) is 5.56 Å². The highest BCUT2D eigenvalue weighted by molar-refractivity contribution is 5.14. The highest BCUT2D eigenvalue weighted by Crippen LogP contribution is 2.11. The van der Waals surface area contributed by atoms with Crippen LogP contribution in [0.25, 0.3) is 0 Å². The Morgan fingerprint density at radius 3 is 2.78 bits per heavy atom. The van der Waals surface area contributed by atoms with Crippen LogP contribution in [-0.4, -0.2) is 49.1 Å². The van der Waals surface area contributed by atoms with Crippen LogP contribution in [0.15, 0.2) is 30.3 Å². The van der Waals surface area contributed by atoms with Gasteiger partial charge >= 0.3 is 0 Å². The first kappa shape index (κ1) is 13.1. The van der Waals surface area contributed by atoms with Gasteiger partial charge in [0.05, 0.1) is 12.5 Å². The first-order valence-corrected chi connectivity index (χ1v) is 6.63. The van der Waals surface area contributed by atoms with Crippen LogP contribution < -0.4 is 0 Å². The molecule has 0 N–H and O–H groups in total. The fourth-order valence-corrected chi connectivity index (χ4v) is 2.47. The van der Waals surface area contributed by atoms with E-state index in [1.54, 1.807) is 0 Å². The van der Waals surface area contributed by atoms with Crippen molar-refractivity contribution >= 4 is 0 Å². The fourth-order valence-electron chi connectivity index (χ4n) is 2.47. The topological polar surface area (TPSA) is 30.3 Å². The van der Waals surface area contributed by atoms with Gasteiger partial charge < -0.3 is 4.90 Å². The maximum absolute atomic E-state index is 8.84. The fraction of sp³-hybridized carbons (Fsp3) is 0.533. The van der Waals surface area contributed by atoms with E-state index in [0.717, 1.165) is 32.6 Å². The Balaban J connectivity index is 1.82. The summed E-state index contributed by atoms with van der Waals surface area (Å²) in [5.41, 5.74) is 1.40. The number of benzene rings is 1. The molecule has 0 radical (unpaired) electrons. The molecule has 0 aliphatic carbocycles. The summed E-state index contributed by atoms with van der Waals surface area (Å²) < 4.78 is 0. The van der Waals surface area contributed by atoms with Gasteiger partial charge in [0.1, 0.15) is 0 Å². The van der Waals surface area contributed by atoms with Gasteiger partial charge in [-0.1, -0.05) is 30.3 Å². The zero-order valence-corrected chi connectivity index (χ0v) is 11.0. The van der Waals surface area contributed by atoms with Crippen LogP contribution in [-0.2, 0) is 6.42 Å². The summed E-state index contributed by atoms with van der Waals surface area (Å²) in [5, 5.41) is 8.84. The monoisotopic (exact) mass is 243 g/mol. The van der Waals surface area contributed by atoms with Crippen molar-refractivity contribution in [2.75, 3.05) is 33.2 Å². The molecule has 1 unspecified atom stereocenters. The molecule has 1 aliphatic rings. The largest absolute Gasteiger partial charge is 0.300 e. The van der Waals surface area contributed by atoms with Crippen LogP contribution >= 0.6 is 0 Å². The highest BCUT2D eigenvalue weighted by Gasteiger charge is 2.23. The van der Waals surface area contributed by atoms with E-state index >= 15 is 0 Å². The van der Waals surface area contributed by atoms with E-state index in [-0.39, 0.29) is 0 Å². The van der Waals surface area contributed by atoms with E-state index in [2.05, 4.69) is 53.2 Å². The minimum atomic E-state index is 0.402. The van der Waals surface area contributed by atoms with Crippen molar-refractivity contribution in [2.24, 2.45) is 0 Å². The average molecular weight is 243 g/mol. The third-order valence-corrected chi connectivity index (χ3v) is 3.75. The van der Waals surface area contributed by atoms with Crippen molar-refractivity contribution in [3.8, 4) is 6.07 Å². The van der Waals surface area contributed by atoms with E-state index in [0.29, 0.717) is 12.5 Å². The molecule has 0 saturated carbocycles. The smallest absolute Gasteiger partial charge is 0.0638 e. The molecule has 1 fully saturated rings. The first-order valence-electron chi connectivity index (χ1n) is 6.63. The molecular weight excluding hydrogens is 222 g/mol. The van der Waals surface area contributed by atoms with Gasteiger partial charge in [0.15, 0.2) is 0 Å². The predicted octanol–water partition coefficient (Wildman–Crippen LogP) is 1.76. The Bertz CT molecular complexity index is 396. The van der Waals surface area contributed by atoms with E-state index in [9.17, 15) is 0 Å². The normalized spacial score (nSPS) is 21.7. The number of nitriles is 1. The van der Waals surface area contributed by atoms with Gasteiger partial charge in [0.25, 0.3) is 0 Å². The SMILES string of the molecule is CN1CCN(CCc2ccccc2)CC1CC#N. The van der Waals surface area contributed by atoms with Crippen molar-refractivity contribution in [3.05, 3.63) is 35.9 Å². The van der Waals surface area contributed by atoms with Crippen LogP contribution in [0.2, 0.25) is 0 Å². The molecule has 1 aromatic rings. The summed E-state index contributed by atoms with van der Waals surface area (Å²) >= 11 is 0. The number of piperazine rings is 1. The second kappa shape index (κ2) is 6.53. The summed E-state index contributed by atoms with van der Waals surface area (Å²) in [6, 6.07) is 13.3.